The van der Waals surface area contributed by atoms with Crippen molar-refractivity contribution in [1.82, 2.24) is 19.8 Å². The maximum atomic E-state index is 13.4. The van der Waals surface area contributed by atoms with Gasteiger partial charge in [0.1, 0.15) is 11.7 Å². The second-order valence-electron chi connectivity index (χ2n) is 8.20. The number of rotatable bonds is 7. The summed E-state index contributed by atoms with van der Waals surface area (Å²) in [4.78, 5) is 26.1. The van der Waals surface area contributed by atoms with Crippen molar-refractivity contribution in [2.75, 3.05) is 33.3 Å². The maximum absolute atomic E-state index is 13.4. The molecule has 0 saturated carbocycles. The Bertz CT molecular complexity index is 846. The molecule has 0 aromatic carbocycles. The first-order valence-electron chi connectivity index (χ1n) is 10.6. The molecule has 0 spiro atoms. The van der Waals surface area contributed by atoms with Crippen LogP contribution in [0.4, 0.5) is 0 Å². The van der Waals surface area contributed by atoms with Gasteiger partial charge in [0.2, 0.25) is 5.88 Å². The molecule has 2 aromatic rings. The average molecular weight is 413 g/mol. The van der Waals surface area contributed by atoms with Crippen molar-refractivity contribution in [3.63, 3.8) is 0 Å². The van der Waals surface area contributed by atoms with Crippen molar-refractivity contribution in [2.24, 2.45) is 5.92 Å². The van der Waals surface area contributed by atoms with Gasteiger partial charge in [0.15, 0.2) is 0 Å². The predicted octanol–water partition coefficient (Wildman–Crippen LogP) is 2.71. The van der Waals surface area contributed by atoms with Crippen LogP contribution in [-0.2, 0) is 0 Å². The van der Waals surface area contributed by atoms with Crippen molar-refractivity contribution < 1.29 is 14.6 Å². The van der Waals surface area contributed by atoms with E-state index in [9.17, 15) is 9.90 Å². The van der Waals surface area contributed by atoms with Gasteiger partial charge >= 0.3 is 0 Å². The Kier molecular flexibility index (Phi) is 7.39. The average Bonchev–Trinajstić information content (AvgIpc) is 2.76. The number of hydrogen-bond donors (Lipinski definition) is 1. The fraction of sp³-hybridized carbons (Fsp3) is 0.522. The van der Waals surface area contributed by atoms with Gasteiger partial charge in [0.05, 0.1) is 12.6 Å². The SMILES string of the molecule is CCCN(C)C[C@H]1Oc2ncc(-c3cccnc3)cc2C(=O)N([C@@H](C)CO)C[C@@H]1C. The van der Waals surface area contributed by atoms with E-state index in [1.54, 1.807) is 23.5 Å². The molecule has 0 radical (unpaired) electrons. The highest BCUT2D eigenvalue weighted by molar-refractivity contribution is 5.98. The summed E-state index contributed by atoms with van der Waals surface area (Å²) in [5.74, 6) is 0.274. The van der Waals surface area contributed by atoms with Crippen LogP contribution in [0.15, 0.2) is 36.8 Å². The summed E-state index contributed by atoms with van der Waals surface area (Å²) in [6, 6.07) is 5.32. The third-order valence-corrected chi connectivity index (χ3v) is 5.61. The van der Waals surface area contributed by atoms with Gasteiger partial charge in [-0.2, -0.15) is 0 Å². The zero-order chi connectivity index (χ0) is 21.7. The Morgan fingerprint density at radius 2 is 2.17 bits per heavy atom. The normalized spacial score (nSPS) is 20.3. The fourth-order valence-corrected chi connectivity index (χ4v) is 3.79. The maximum Gasteiger partial charge on any atom is 0.259 e. The van der Waals surface area contributed by atoms with E-state index in [0.717, 1.165) is 30.6 Å². The summed E-state index contributed by atoms with van der Waals surface area (Å²) in [6.45, 7) is 8.25. The minimum Gasteiger partial charge on any atom is -0.472 e. The lowest BCUT2D eigenvalue weighted by Crippen LogP contribution is -2.50. The third-order valence-electron chi connectivity index (χ3n) is 5.61. The number of amides is 1. The number of fused-ring (bicyclic) bond motifs is 1. The number of aliphatic hydroxyl groups excluding tert-OH is 1. The Morgan fingerprint density at radius 1 is 1.37 bits per heavy atom. The van der Waals surface area contributed by atoms with E-state index in [2.05, 4.69) is 35.8 Å². The van der Waals surface area contributed by atoms with Crippen LogP contribution < -0.4 is 4.74 Å². The molecular weight excluding hydrogens is 380 g/mol. The monoisotopic (exact) mass is 412 g/mol. The molecule has 0 fully saturated rings. The minimum atomic E-state index is -0.290. The molecule has 1 aliphatic rings. The number of carbonyl (C=O) groups is 1. The highest BCUT2D eigenvalue weighted by atomic mass is 16.5. The molecule has 3 heterocycles. The van der Waals surface area contributed by atoms with Gasteiger partial charge in [-0.25, -0.2) is 4.98 Å². The molecule has 0 bridgehead atoms. The molecule has 7 nitrogen and oxygen atoms in total. The molecular formula is C23H32N4O3. The summed E-state index contributed by atoms with van der Waals surface area (Å²) in [5.41, 5.74) is 2.12. The van der Waals surface area contributed by atoms with Gasteiger partial charge in [-0.05, 0) is 39.1 Å². The molecule has 2 aromatic heterocycles. The molecule has 3 atom stereocenters. The van der Waals surface area contributed by atoms with Crippen LogP contribution in [0.5, 0.6) is 5.88 Å². The van der Waals surface area contributed by atoms with Crippen molar-refractivity contribution in [3.8, 4) is 17.0 Å². The molecule has 1 aliphatic heterocycles. The highest BCUT2D eigenvalue weighted by Gasteiger charge is 2.34. The lowest BCUT2D eigenvalue weighted by atomic mass is 9.99. The quantitative estimate of drug-likeness (QED) is 0.753. The Morgan fingerprint density at radius 3 is 2.83 bits per heavy atom. The van der Waals surface area contributed by atoms with Crippen LogP contribution in [-0.4, -0.2) is 76.2 Å². The molecule has 1 amide bonds. The zero-order valence-electron chi connectivity index (χ0n) is 18.3. The molecule has 0 aliphatic carbocycles. The van der Waals surface area contributed by atoms with Gasteiger partial charge in [0.25, 0.3) is 5.91 Å². The first-order valence-corrected chi connectivity index (χ1v) is 10.6. The zero-order valence-corrected chi connectivity index (χ0v) is 18.3. The molecule has 0 unspecified atom stereocenters. The van der Waals surface area contributed by atoms with E-state index >= 15 is 0 Å². The third kappa shape index (κ3) is 4.96. The number of likely N-dealkylation sites (N-methyl/N-ethyl adjacent to an activating group) is 1. The van der Waals surface area contributed by atoms with Gasteiger partial charge in [-0.3, -0.25) is 9.78 Å². The molecule has 1 N–H and O–H groups in total. The van der Waals surface area contributed by atoms with Gasteiger partial charge in [-0.1, -0.05) is 19.9 Å². The summed E-state index contributed by atoms with van der Waals surface area (Å²) < 4.78 is 6.31. The molecule has 7 heteroatoms. The summed E-state index contributed by atoms with van der Waals surface area (Å²) in [6.07, 6.45) is 6.13. The number of aromatic nitrogens is 2. The van der Waals surface area contributed by atoms with Crippen LogP contribution in [0.3, 0.4) is 0 Å². The number of aliphatic hydroxyl groups is 1. The molecule has 30 heavy (non-hydrogen) atoms. The van der Waals surface area contributed by atoms with Gasteiger partial charge in [0, 0.05) is 48.7 Å². The van der Waals surface area contributed by atoms with E-state index in [0.29, 0.717) is 18.0 Å². The summed E-state index contributed by atoms with van der Waals surface area (Å²) in [7, 11) is 2.08. The van der Waals surface area contributed by atoms with E-state index in [4.69, 9.17) is 4.74 Å². The number of ether oxygens (including phenoxy) is 1. The number of nitrogens with zero attached hydrogens (tertiary/aromatic N) is 4. The van der Waals surface area contributed by atoms with Crippen molar-refractivity contribution in [2.45, 2.75) is 39.3 Å². The van der Waals surface area contributed by atoms with E-state index in [-0.39, 0.29) is 30.6 Å². The fourth-order valence-electron chi connectivity index (χ4n) is 3.79. The Balaban J connectivity index is 2.01. The highest BCUT2D eigenvalue weighted by Crippen LogP contribution is 2.30. The first kappa shape index (κ1) is 22.2. The van der Waals surface area contributed by atoms with Crippen LogP contribution >= 0.6 is 0 Å². The molecule has 0 saturated heterocycles. The Hall–Kier alpha value is -2.51. The van der Waals surface area contributed by atoms with Gasteiger partial charge in [-0.15, -0.1) is 0 Å². The van der Waals surface area contributed by atoms with Crippen molar-refractivity contribution in [1.29, 1.82) is 0 Å². The summed E-state index contributed by atoms with van der Waals surface area (Å²) >= 11 is 0. The van der Waals surface area contributed by atoms with E-state index in [1.807, 2.05) is 25.1 Å². The van der Waals surface area contributed by atoms with E-state index in [1.165, 1.54) is 0 Å². The number of pyridine rings is 2. The standard InChI is InChI=1S/C23H32N4O3/c1-5-9-26(4)14-21-16(2)13-27(17(3)15-28)23(29)20-10-19(12-25-22(20)30-21)18-7-6-8-24-11-18/h6-8,10-12,16-17,21,28H,5,9,13-15H2,1-4H3/t16-,17-,21+/m0/s1. The summed E-state index contributed by atoms with van der Waals surface area (Å²) in [5, 5.41) is 9.76. The molecule has 162 valence electrons. The van der Waals surface area contributed by atoms with E-state index < -0.39 is 0 Å². The molecule has 3 rings (SSSR count). The number of hydrogen-bond acceptors (Lipinski definition) is 6. The second kappa shape index (κ2) is 10.00. The number of carbonyl (C=O) groups excluding carboxylic acids is 1. The van der Waals surface area contributed by atoms with Crippen LogP contribution in [0.25, 0.3) is 11.1 Å². The minimum absolute atomic E-state index is 0.0925. The van der Waals surface area contributed by atoms with Crippen molar-refractivity contribution in [3.05, 3.63) is 42.4 Å². The predicted molar refractivity (Wildman–Crippen MR) is 116 cm³/mol. The van der Waals surface area contributed by atoms with Crippen LogP contribution in [0, 0.1) is 5.92 Å². The van der Waals surface area contributed by atoms with Crippen molar-refractivity contribution >= 4 is 5.91 Å². The second-order valence-corrected chi connectivity index (χ2v) is 8.20. The largest absolute Gasteiger partial charge is 0.472 e. The Labute approximate surface area is 178 Å². The van der Waals surface area contributed by atoms with Crippen LogP contribution in [0.1, 0.15) is 37.6 Å². The lowest BCUT2D eigenvalue weighted by Gasteiger charge is -2.37. The topological polar surface area (TPSA) is 78.8 Å². The first-order chi connectivity index (χ1) is 14.4. The van der Waals surface area contributed by atoms with Crippen LogP contribution in [0.2, 0.25) is 0 Å². The smallest absolute Gasteiger partial charge is 0.259 e. The van der Waals surface area contributed by atoms with Gasteiger partial charge < -0.3 is 19.6 Å². The lowest BCUT2D eigenvalue weighted by molar-refractivity contribution is 0.0331.